The van der Waals surface area contributed by atoms with E-state index in [-0.39, 0.29) is 17.9 Å². The zero-order valence-electron chi connectivity index (χ0n) is 19.4. The molecule has 0 unspecified atom stereocenters. The standard InChI is InChI=1S/C27H29NO6S/c1-20-11-14-23(28-35(32,33)25-8-3-2-4-9-25)19-22(20)12-15-24(29)17-18-34-26-10-6-5-7-21(26)13-16-27(30)31/h2-12,14-15,19,24,28-29H,13,16-18H2,1H3,(H,30,31)/b15-12+/t24-/m0/s1. The minimum Gasteiger partial charge on any atom is -0.493 e. The second-order valence-corrected chi connectivity index (χ2v) is 9.74. The molecular formula is C27H29NO6S. The lowest BCUT2D eigenvalue weighted by atomic mass is 10.1. The maximum atomic E-state index is 12.6. The Balaban J connectivity index is 1.58. The maximum absolute atomic E-state index is 12.6. The van der Waals surface area contributed by atoms with Crippen LogP contribution in [-0.4, -0.2) is 37.3 Å². The first-order chi connectivity index (χ1) is 16.7. The number of nitrogens with one attached hydrogen (secondary N) is 1. The van der Waals surface area contributed by atoms with Gasteiger partial charge in [-0.2, -0.15) is 0 Å². The molecule has 0 bridgehead atoms. The fourth-order valence-electron chi connectivity index (χ4n) is 3.39. The third kappa shape index (κ3) is 7.98. The van der Waals surface area contributed by atoms with Crippen molar-refractivity contribution in [3.63, 3.8) is 0 Å². The van der Waals surface area contributed by atoms with Crippen LogP contribution < -0.4 is 9.46 Å². The van der Waals surface area contributed by atoms with Crippen molar-refractivity contribution in [2.45, 2.75) is 37.2 Å². The summed E-state index contributed by atoms with van der Waals surface area (Å²) in [5.41, 5.74) is 2.94. The van der Waals surface area contributed by atoms with Crippen LogP contribution >= 0.6 is 0 Å². The summed E-state index contributed by atoms with van der Waals surface area (Å²) in [5.74, 6) is -0.258. The summed E-state index contributed by atoms with van der Waals surface area (Å²) in [6.07, 6.45) is 3.34. The lowest BCUT2D eigenvalue weighted by Gasteiger charge is -2.12. The minimum atomic E-state index is -3.70. The predicted octanol–water partition coefficient (Wildman–Crippen LogP) is 4.66. The molecule has 0 aliphatic rings. The number of hydrogen-bond acceptors (Lipinski definition) is 5. The Morgan fingerprint density at radius 1 is 1.06 bits per heavy atom. The van der Waals surface area contributed by atoms with Crippen LogP contribution in [0.1, 0.15) is 29.5 Å². The van der Waals surface area contributed by atoms with Crippen LogP contribution in [0, 0.1) is 6.92 Å². The number of aliphatic carboxylic acids is 1. The van der Waals surface area contributed by atoms with Gasteiger partial charge in [0.05, 0.1) is 17.6 Å². The molecule has 0 saturated carbocycles. The van der Waals surface area contributed by atoms with E-state index in [4.69, 9.17) is 9.84 Å². The van der Waals surface area contributed by atoms with E-state index in [9.17, 15) is 18.3 Å². The number of carbonyl (C=O) groups is 1. The number of sulfonamides is 1. The van der Waals surface area contributed by atoms with E-state index in [1.807, 2.05) is 31.2 Å². The van der Waals surface area contributed by atoms with Crippen molar-refractivity contribution in [3.8, 4) is 5.75 Å². The number of carboxylic acids is 1. The first kappa shape index (κ1) is 26.0. The van der Waals surface area contributed by atoms with Gasteiger partial charge in [0.1, 0.15) is 5.75 Å². The zero-order chi connectivity index (χ0) is 25.3. The lowest BCUT2D eigenvalue weighted by Crippen LogP contribution is -2.13. The van der Waals surface area contributed by atoms with Crippen LogP contribution in [0.5, 0.6) is 5.75 Å². The molecule has 184 valence electrons. The van der Waals surface area contributed by atoms with Crippen LogP contribution in [0.15, 0.2) is 83.8 Å². The molecule has 0 amide bonds. The summed E-state index contributed by atoms with van der Waals surface area (Å²) in [7, 11) is -3.70. The highest BCUT2D eigenvalue weighted by molar-refractivity contribution is 7.92. The number of hydrogen-bond donors (Lipinski definition) is 3. The van der Waals surface area contributed by atoms with E-state index in [1.54, 1.807) is 48.6 Å². The van der Waals surface area contributed by atoms with Crippen LogP contribution in [-0.2, 0) is 21.2 Å². The Kier molecular flexibility index (Phi) is 9.05. The average Bonchev–Trinajstić information content (AvgIpc) is 2.84. The number of para-hydroxylation sites is 1. The smallest absolute Gasteiger partial charge is 0.303 e. The maximum Gasteiger partial charge on any atom is 0.303 e. The molecule has 35 heavy (non-hydrogen) atoms. The van der Waals surface area contributed by atoms with E-state index in [0.29, 0.717) is 24.3 Å². The second-order valence-electron chi connectivity index (χ2n) is 8.05. The average molecular weight is 496 g/mol. The largest absolute Gasteiger partial charge is 0.493 e. The third-order valence-corrected chi connectivity index (χ3v) is 6.73. The number of anilines is 1. The van der Waals surface area contributed by atoms with E-state index in [0.717, 1.165) is 16.7 Å². The Hall–Kier alpha value is -3.62. The van der Waals surface area contributed by atoms with E-state index in [1.165, 1.54) is 12.1 Å². The highest BCUT2D eigenvalue weighted by Gasteiger charge is 2.14. The Bertz CT molecular complexity index is 1270. The fraction of sp³-hybridized carbons (Fsp3) is 0.222. The molecule has 1 atom stereocenters. The molecule has 0 saturated heterocycles. The molecule has 0 aromatic heterocycles. The second kappa shape index (κ2) is 12.2. The van der Waals surface area contributed by atoms with Crippen molar-refractivity contribution in [2.24, 2.45) is 0 Å². The summed E-state index contributed by atoms with van der Waals surface area (Å²) in [6.45, 7) is 2.16. The van der Waals surface area contributed by atoms with Gasteiger partial charge in [-0.1, -0.05) is 54.6 Å². The van der Waals surface area contributed by atoms with Crippen molar-refractivity contribution < 1.29 is 28.2 Å². The van der Waals surface area contributed by atoms with Gasteiger partial charge in [0.15, 0.2) is 0 Å². The van der Waals surface area contributed by atoms with Crippen molar-refractivity contribution in [3.05, 3.63) is 95.6 Å². The van der Waals surface area contributed by atoms with Crippen LogP contribution in [0.2, 0.25) is 0 Å². The van der Waals surface area contributed by atoms with Gasteiger partial charge in [-0.25, -0.2) is 8.42 Å². The molecule has 3 aromatic rings. The van der Waals surface area contributed by atoms with Gasteiger partial charge in [0.25, 0.3) is 10.0 Å². The molecule has 0 heterocycles. The highest BCUT2D eigenvalue weighted by atomic mass is 32.2. The van der Waals surface area contributed by atoms with Gasteiger partial charge >= 0.3 is 5.97 Å². The Morgan fingerprint density at radius 3 is 2.51 bits per heavy atom. The molecule has 0 spiro atoms. The zero-order valence-corrected chi connectivity index (χ0v) is 20.2. The predicted molar refractivity (Wildman–Crippen MR) is 136 cm³/mol. The van der Waals surface area contributed by atoms with Crippen molar-refractivity contribution in [2.75, 3.05) is 11.3 Å². The molecule has 7 nitrogen and oxygen atoms in total. The normalized spacial score (nSPS) is 12.4. The Morgan fingerprint density at radius 2 is 1.77 bits per heavy atom. The molecule has 3 N–H and O–H groups in total. The van der Waals surface area contributed by atoms with E-state index in [2.05, 4.69) is 4.72 Å². The van der Waals surface area contributed by atoms with E-state index < -0.39 is 22.1 Å². The molecule has 8 heteroatoms. The highest BCUT2D eigenvalue weighted by Crippen LogP contribution is 2.22. The topological polar surface area (TPSA) is 113 Å². The number of aliphatic hydroxyl groups is 1. The molecule has 0 aliphatic carbocycles. The fourth-order valence-corrected chi connectivity index (χ4v) is 4.46. The summed E-state index contributed by atoms with van der Waals surface area (Å²) in [4.78, 5) is 11.0. The van der Waals surface area contributed by atoms with Gasteiger partial charge in [0, 0.05) is 18.5 Å². The number of ether oxygens (including phenoxy) is 1. The molecule has 3 rings (SSSR count). The minimum absolute atomic E-state index is 0.0195. The number of rotatable bonds is 12. The molecule has 0 aliphatic heterocycles. The van der Waals surface area contributed by atoms with Gasteiger partial charge in [-0.3, -0.25) is 9.52 Å². The Labute approximate surface area is 205 Å². The first-order valence-corrected chi connectivity index (χ1v) is 12.7. The van der Waals surface area contributed by atoms with Crippen molar-refractivity contribution in [1.82, 2.24) is 0 Å². The number of benzene rings is 3. The molecule has 0 fully saturated rings. The summed E-state index contributed by atoms with van der Waals surface area (Å²) in [6, 6.07) is 20.6. The SMILES string of the molecule is Cc1ccc(NS(=O)(=O)c2ccccc2)cc1/C=C/[C@H](O)CCOc1ccccc1CCC(=O)O. The number of carboxylic acid groups (broad SMARTS) is 1. The molecule has 0 radical (unpaired) electrons. The van der Waals surface area contributed by atoms with Gasteiger partial charge in [0.2, 0.25) is 0 Å². The van der Waals surface area contributed by atoms with Gasteiger partial charge in [-0.15, -0.1) is 0 Å². The number of aliphatic hydroxyl groups excluding tert-OH is 1. The van der Waals surface area contributed by atoms with Crippen LogP contribution in [0.3, 0.4) is 0 Å². The monoisotopic (exact) mass is 495 g/mol. The lowest BCUT2D eigenvalue weighted by molar-refractivity contribution is -0.136. The summed E-state index contributed by atoms with van der Waals surface area (Å²) >= 11 is 0. The summed E-state index contributed by atoms with van der Waals surface area (Å²) in [5, 5.41) is 19.3. The quantitative estimate of drug-likeness (QED) is 0.337. The van der Waals surface area contributed by atoms with Crippen LogP contribution in [0.4, 0.5) is 5.69 Å². The first-order valence-electron chi connectivity index (χ1n) is 11.2. The van der Waals surface area contributed by atoms with E-state index >= 15 is 0 Å². The van der Waals surface area contributed by atoms with Crippen molar-refractivity contribution >= 4 is 27.8 Å². The van der Waals surface area contributed by atoms with Gasteiger partial charge < -0.3 is 14.9 Å². The third-order valence-electron chi connectivity index (χ3n) is 5.33. The molecule has 3 aromatic carbocycles. The number of aryl methyl sites for hydroxylation is 2. The van der Waals surface area contributed by atoms with Gasteiger partial charge in [-0.05, 0) is 60.4 Å². The van der Waals surface area contributed by atoms with Crippen LogP contribution in [0.25, 0.3) is 6.08 Å². The molecular weight excluding hydrogens is 466 g/mol. The van der Waals surface area contributed by atoms with Crippen molar-refractivity contribution in [1.29, 1.82) is 0 Å². The summed E-state index contributed by atoms with van der Waals surface area (Å²) < 4.78 is 33.5.